The number of anilines is 1. The average molecular weight is 402 g/mol. The first-order valence-electron chi connectivity index (χ1n) is 9.64. The van der Waals surface area contributed by atoms with Crippen molar-refractivity contribution in [3.8, 4) is 0 Å². The number of benzene rings is 1. The smallest absolute Gasteiger partial charge is 0.239 e. The summed E-state index contributed by atoms with van der Waals surface area (Å²) in [6.45, 7) is 4.52. The molecule has 2 aromatic rings. The van der Waals surface area contributed by atoms with Crippen LogP contribution < -0.4 is 4.72 Å². The van der Waals surface area contributed by atoms with Gasteiger partial charge in [-0.25, -0.2) is 8.42 Å². The summed E-state index contributed by atoms with van der Waals surface area (Å²) in [5.41, 5.74) is 2.58. The molecule has 1 aromatic carbocycles. The number of aromatic nitrogens is 1. The Kier molecular flexibility index (Phi) is 6.80. The molecular weight excluding hydrogens is 374 g/mol. The molecule has 2 heterocycles. The van der Waals surface area contributed by atoms with Gasteiger partial charge in [-0.3, -0.25) is 14.5 Å². The van der Waals surface area contributed by atoms with Crippen molar-refractivity contribution in [1.29, 1.82) is 0 Å². The van der Waals surface area contributed by atoms with E-state index in [1.165, 1.54) is 0 Å². The van der Waals surface area contributed by atoms with Gasteiger partial charge in [0.15, 0.2) is 5.78 Å². The highest BCUT2D eigenvalue weighted by molar-refractivity contribution is 7.93. The molecule has 1 N–H and O–H groups in total. The summed E-state index contributed by atoms with van der Waals surface area (Å²) in [5, 5.41) is 0. The molecule has 28 heavy (non-hydrogen) atoms. The fourth-order valence-electron chi connectivity index (χ4n) is 3.52. The zero-order chi connectivity index (χ0) is 20.0. The lowest BCUT2D eigenvalue weighted by Gasteiger charge is -2.31. The third-order valence-electron chi connectivity index (χ3n) is 5.05. The largest absolute Gasteiger partial charge is 0.303 e. The summed E-state index contributed by atoms with van der Waals surface area (Å²) in [4.78, 5) is 19.3. The van der Waals surface area contributed by atoms with Crippen LogP contribution in [0.3, 0.4) is 0 Å². The second kappa shape index (κ2) is 9.30. The molecule has 0 radical (unpaired) electrons. The molecule has 0 unspecified atom stereocenters. The quantitative estimate of drug-likeness (QED) is 0.736. The van der Waals surface area contributed by atoms with E-state index >= 15 is 0 Å². The average Bonchev–Trinajstić information content (AvgIpc) is 2.67. The van der Waals surface area contributed by atoms with Gasteiger partial charge in [-0.2, -0.15) is 0 Å². The first kappa shape index (κ1) is 20.5. The first-order chi connectivity index (χ1) is 13.4. The minimum Gasteiger partial charge on any atom is -0.303 e. The van der Waals surface area contributed by atoms with Crippen LogP contribution in [0.1, 0.15) is 24.2 Å². The van der Waals surface area contributed by atoms with Crippen LogP contribution >= 0.6 is 0 Å². The summed E-state index contributed by atoms with van der Waals surface area (Å²) in [5.74, 6) is -0.830. The van der Waals surface area contributed by atoms with Gasteiger partial charge in [-0.05, 0) is 57.1 Å². The lowest BCUT2D eigenvalue weighted by atomic mass is 9.93. The fraction of sp³-hybridized carbons (Fsp3) is 0.429. The molecule has 0 spiro atoms. The van der Waals surface area contributed by atoms with Gasteiger partial charge in [0.25, 0.3) is 0 Å². The second-order valence-corrected chi connectivity index (χ2v) is 9.05. The maximum absolute atomic E-state index is 12.5. The number of ketones is 1. The topological polar surface area (TPSA) is 79.4 Å². The molecule has 3 rings (SSSR count). The molecule has 1 aromatic heterocycles. The van der Waals surface area contributed by atoms with Crippen LogP contribution in [0.2, 0.25) is 0 Å². The van der Waals surface area contributed by atoms with Crippen LogP contribution in [0, 0.1) is 12.8 Å². The second-order valence-electron chi connectivity index (χ2n) is 7.33. The molecule has 0 bridgehead atoms. The standard InChI is InChI=1S/C21H27N3O3S/c1-17-6-5-9-19(22-17)12-15-24-13-10-18(11-14-24)21(25)16-28(26,27)23-20-7-3-2-4-8-20/h2-9,18,23H,10-16H2,1H3. The number of aryl methyl sites for hydroxylation is 1. The Morgan fingerprint density at radius 3 is 2.50 bits per heavy atom. The number of Topliss-reactive ketones (excluding diaryl/α,β-unsaturated/α-hetero) is 1. The minimum atomic E-state index is -3.67. The van der Waals surface area contributed by atoms with E-state index in [-0.39, 0.29) is 11.7 Å². The molecule has 1 aliphatic heterocycles. The maximum atomic E-state index is 12.5. The summed E-state index contributed by atoms with van der Waals surface area (Å²) >= 11 is 0. The monoisotopic (exact) mass is 401 g/mol. The summed E-state index contributed by atoms with van der Waals surface area (Å²) in [6, 6.07) is 14.7. The van der Waals surface area contributed by atoms with Crippen molar-refractivity contribution < 1.29 is 13.2 Å². The molecule has 7 heteroatoms. The van der Waals surface area contributed by atoms with Crippen molar-refractivity contribution in [2.75, 3.05) is 30.1 Å². The van der Waals surface area contributed by atoms with E-state index in [4.69, 9.17) is 0 Å². The van der Waals surface area contributed by atoms with Crippen LogP contribution in [0.4, 0.5) is 5.69 Å². The fourth-order valence-corrected chi connectivity index (χ4v) is 4.69. The van der Waals surface area contributed by atoms with Crippen molar-refractivity contribution in [3.63, 3.8) is 0 Å². The Hall–Kier alpha value is -2.25. The van der Waals surface area contributed by atoms with E-state index in [1.807, 2.05) is 31.2 Å². The zero-order valence-electron chi connectivity index (χ0n) is 16.2. The lowest BCUT2D eigenvalue weighted by Crippen LogP contribution is -2.39. The number of hydrogen-bond acceptors (Lipinski definition) is 5. The molecule has 1 aliphatic rings. The van der Waals surface area contributed by atoms with E-state index in [0.29, 0.717) is 18.5 Å². The molecular formula is C21H27N3O3S. The number of piperidine rings is 1. The third-order valence-corrected chi connectivity index (χ3v) is 6.26. The highest BCUT2D eigenvalue weighted by Crippen LogP contribution is 2.20. The predicted octanol–water partition coefficient (Wildman–Crippen LogP) is 2.66. The van der Waals surface area contributed by atoms with Crippen molar-refractivity contribution >= 4 is 21.5 Å². The van der Waals surface area contributed by atoms with E-state index < -0.39 is 15.8 Å². The van der Waals surface area contributed by atoms with E-state index in [9.17, 15) is 13.2 Å². The summed E-state index contributed by atoms with van der Waals surface area (Å²) in [7, 11) is -3.67. The van der Waals surface area contributed by atoms with Crippen LogP contribution in [-0.4, -0.2) is 49.5 Å². The molecule has 1 fully saturated rings. The SMILES string of the molecule is Cc1cccc(CCN2CCC(C(=O)CS(=O)(=O)Nc3ccccc3)CC2)n1. The lowest BCUT2D eigenvalue weighted by molar-refractivity contribution is -0.121. The van der Waals surface area contributed by atoms with Crippen molar-refractivity contribution in [2.45, 2.75) is 26.2 Å². The number of likely N-dealkylation sites (tertiary alicyclic amines) is 1. The molecule has 0 saturated carbocycles. The van der Waals surface area contributed by atoms with E-state index in [0.717, 1.165) is 37.4 Å². The van der Waals surface area contributed by atoms with E-state index in [1.54, 1.807) is 24.3 Å². The molecule has 6 nitrogen and oxygen atoms in total. The maximum Gasteiger partial charge on any atom is 0.239 e. The molecule has 150 valence electrons. The Morgan fingerprint density at radius 1 is 1.11 bits per heavy atom. The van der Waals surface area contributed by atoms with Gasteiger partial charge in [-0.15, -0.1) is 0 Å². The predicted molar refractivity (Wildman–Crippen MR) is 111 cm³/mol. The van der Waals surface area contributed by atoms with Gasteiger partial charge in [-0.1, -0.05) is 24.3 Å². The van der Waals surface area contributed by atoms with Gasteiger partial charge in [0, 0.05) is 36.0 Å². The van der Waals surface area contributed by atoms with Crippen LogP contribution in [0.5, 0.6) is 0 Å². The Bertz CT molecular complexity index is 892. The van der Waals surface area contributed by atoms with Crippen LogP contribution in [0.15, 0.2) is 48.5 Å². The Labute approximate surface area is 167 Å². The number of para-hydroxylation sites is 1. The number of rotatable bonds is 8. The first-order valence-corrected chi connectivity index (χ1v) is 11.3. The van der Waals surface area contributed by atoms with Gasteiger partial charge >= 0.3 is 0 Å². The molecule has 0 amide bonds. The highest BCUT2D eigenvalue weighted by atomic mass is 32.2. The Morgan fingerprint density at radius 2 is 1.82 bits per heavy atom. The molecule has 0 aliphatic carbocycles. The number of carbonyl (C=O) groups excluding carboxylic acids is 1. The van der Waals surface area contributed by atoms with Gasteiger partial charge in [0.1, 0.15) is 5.75 Å². The van der Waals surface area contributed by atoms with Crippen LogP contribution in [0.25, 0.3) is 0 Å². The molecule has 0 atom stereocenters. The van der Waals surface area contributed by atoms with Crippen molar-refractivity contribution in [1.82, 2.24) is 9.88 Å². The summed E-state index contributed by atoms with van der Waals surface area (Å²) < 4.78 is 27.0. The molecule has 1 saturated heterocycles. The van der Waals surface area contributed by atoms with Gasteiger partial charge in [0.05, 0.1) is 0 Å². The number of pyridine rings is 1. The number of nitrogens with zero attached hydrogens (tertiary/aromatic N) is 2. The number of carbonyl (C=O) groups is 1. The van der Waals surface area contributed by atoms with Gasteiger partial charge in [0.2, 0.25) is 10.0 Å². The zero-order valence-corrected chi connectivity index (χ0v) is 17.0. The Balaban J connectivity index is 1.44. The normalized spacial score (nSPS) is 16.0. The number of hydrogen-bond donors (Lipinski definition) is 1. The van der Waals surface area contributed by atoms with Crippen molar-refractivity contribution in [3.05, 3.63) is 59.9 Å². The summed E-state index contributed by atoms with van der Waals surface area (Å²) in [6.07, 6.45) is 2.30. The van der Waals surface area contributed by atoms with E-state index in [2.05, 4.69) is 14.6 Å². The highest BCUT2D eigenvalue weighted by Gasteiger charge is 2.28. The van der Waals surface area contributed by atoms with Crippen molar-refractivity contribution in [2.24, 2.45) is 5.92 Å². The third kappa shape index (κ3) is 6.14. The number of sulfonamides is 1. The van der Waals surface area contributed by atoms with Crippen LogP contribution in [-0.2, 0) is 21.2 Å². The number of nitrogens with one attached hydrogen (secondary N) is 1. The van der Waals surface area contributed by atoms with Gasteiger partial charge < -0.3 is 4.90 Å². The minimum absolute atomic E-state index is 0.180.